The van der Waals surface area contributed by atoms with Gasteiger partial charge in [-0.15, -0.1) is 0 Å². The van der Waals surface area contributed by atoms with Crippen LogP contribution in [0.5, 0.6) is 0 Å². The summed E-state index contributed by atoms with van der Waals surface area (Å²) < 4.78 is 0. The first-order valence-corrected chi connectivity index (χ1v) is 5.57. The fourth-order valence-corrected chi connectivity index (χ4v) is 2.51. The minimum atomic E-state index is 0.344. The van der Waals surface area contributed by atoms with E-state index in [1.807, 2.05) is 0 Å². The van der Waals surface area contributed by atoms with Crippen molar-refractivity contribution < 1.29 is 5.11 Å². The van der Waals surface area contributed by atoms with Crippen molar-refractivity contribution in [2.24, 2.45) is 5.41 Å². The van der Waals surface area contributed by atoms with E-state index in [0.29, 0.717) is 12.0 Å². The van der Waals surface area contributed by atoms with Crippen LogP contribution in [0.15, 0.2) is 0 Å². The molecule has 0 aromatic carbocycles. The average Bonchev–Trinajstić information content (AvgIpc) is 2.90. The molecular weight excluding hydrogens is 162 g/mol. The molecule has 2 heteroatoms. The number of aliphatic hydroxyl groups is 1. The molecule has 1 aliphatic carbocycles. The second-order valence-corrected chi connectivity index (χ2v) is 4.99. The average molecular weight is 183 g/mol. The highest BCUT2D eigenvalue weighted by atomic mass is 16.3. The van der Waals surface area contributed by atoms with E-state index in [-0.39, 0.29) is 0 Å². The van der Waals surface area contributed by atoms with Crippen molar-refractivity contribution in [1.29, 1.82) is 0 Å². The lowest BCUT2D eigenvalue weighted by Gasteiger charge is -2.34. The van der Waals surface area contributed by atoms with Gasteiger partial charge in [-0.25, -0.2) is 0 Å². The van der Waals surface area contributed by atoms with Gasteiger partial charge in [-0.2, -0.15) is 0 Å². The Morgan fingerprint density at radius 2 is 2.15 bits per heavy atom. The Hall–Kier alpha value is -0.0800. The molecule has 2 nitrogen and oxygen atoms in total. The van der Waals surface area contributed by atoms with Gasteiger partial charge in [0.2, 0.25) is 0 Å². The third-order valence-electron chi connectivity index (χ3n) is 3.88. The molecule has 0 aromatic heterocycles. The molecule has 2 rings (SSSR count). The molecule has 13 heavy (non-hydrogen) atoms. The Balaban J connectivity index is 1.85. The lowest BCUT2D eigenvalue weighted by molar-refractivity contribution is 0.120. The number of hydrogen-bond acceptors (Lipinski definition) is 2. The third kappa shape index (κ3) is 2.05. The van der Waals surface area contributed by atoms with Crippen molar-refractivity contribution in [2.75, 3.05) is 20.2 Å². The van der Waals surface area contributed by atoms with E-state index in [9.17, 15) is 5.11 Å². The summed E-state index contributed by atoms with van der Waals surface area (Å²) in [6, 6.07) is 0.753. The van der Waals surface area contributed by atoms with Crippen molar-refractivity contribution in [1.82, 2.24) is 4.90 Å². The molecule has 1 unspecified atom stereocenters. The zero-order valence-electron chi connectivity index (χ0n) is 8.63. The molecule has 1 aliphatic heterocycles. The first kappa shape index (κ1) is 9.47. The van der Waals surface area contributed by atoms with Gasteiger partial charge in [0.1, 0.15) is 0 Å². The number of likely N-dealkylation sites (tertiary alicyclic amines) is 1. The van der Waals surface area contributed by atoms with E-state index in [0.717, 1.165) is 6.04 Å². The fourth-order valence-electron chi connectivity index (χ4n) is 2.51. The topological polar surface area (TPSA) is 23.5 Å². The van der Waals surface area contributed by atoms with Crippen LogP contribution in [0.4, 0.5) is 0 Å². The molecule has 1 N–H and O–H groups in total. The van der Waals surface area contributed by atoms with Crippen LogP contribution < -0.4 is 0 Å². The van der Waals surface area contributed by atoms with Crippen LogP contribution in [0, 0.1) is 5.41 Å². The maximum Gasteiger partial charge on any atom is 0.0488 e. The van der Waals surface area contributed by atoms with Gasteiger partial charge in [0, 0.05) is 12.6 Å². The maximum atomic E-state index is 9.25. The summed E-state index contributed by atoms with van der Waals surface area (Å²) in [5, 5.41) is 9.25. The van der Waals surface area contributed by atoms with Crippen LogP contribution >= 0.6 is 0 Å². The Kier molecular flexibility index (Phi) is 2.61. The van der Waals surface area contributed by atoms with Gasteiger partial charge in [0.25, 0.3) is 0 Å². The monoisotopic (exact) mass is 183 g/mol. The zero-order chi connectivity index (χ0) is 9.31. The lowest BCUT2D eigenvalue weighted by atomic mass is 9.91. The molecule has 1 saturated carbocycles. The molecule has 2 aliphatic rings. The first-order chi connectivity index (χ1) is 6.26. The second-order valence-electron chi connectivity index (χ2n) is 4.99. The summed E-state index contributed by atoms with van der Waals surface area (Å²) in [6.45, 7) is 1.67. The molecule has 0 aromatic rings. The molecule has 76 valence electrons. The lowest BCUT2D eigenvalue weighted by Crippen LogP contribution is -2.38. The number of aliphatic hydroxyl groups excluding tert-OH is 1. The zero-order valence-corrected chi connectivity index (χ0v) is 8.63. The van der Waals surface area contributed by atoms with Crippen molar-refractivity contribution in [3.8, 4) is 0 Å². The van der Waals surface area contributed by atoms with Gasteiger partial charge in [-0.05, 0) is 51.1 Å². The molecule has 0 radical (unpaired) electrons. The van der Waals surface area contributed by atoms with Crippen molar-refractivity contribution in [3.63, 3.8) is 0 Å². The number of hydrogen-bond donors (Lipinski definition) is 1. The van der Waals surface area contributed by atoms with Crippen molar-refractivity contribution in [3.05, 3.63) is 0 Å². The molecule has 2 fully saturated rings. The summed E-state index contributed by atoms with van der Waals surface area (Å²) in [5.74, 6) is 0. The largest absolute Gasteiger partial charge is 0.396 e. The van der Waals surface area contributed by atoms with E-state index in [4.69, 9.17) is 0 Å². The standard InChI is InChI=1S/C11H21NO/c1-12-7-3-2-4-10(12)8-11(9-13)5-6-11/h10,13H,2-9H2,1H3. The minimum absolute atomic E-state index is 0.344. The second kappa shape index (κ2) is 3.58. The predicted octanol–water partition coefficient (Wildman–Crippen LogP) is 1.63. The Bertz CT molecular complexity index is 177. The molecule has 0 spiro atoms. The van der Waals surface area contributed by atoms with E-state index >= 15 is 0 Å². The Morgan fingerprint density at radius 1 is 1.38 bits per heavy atom. The van der Waals surface area contributed by atoms with Crippen LogP contribution in [0.1, 0.15) is 38.5 Å². The quantitative estimate of drug-likeness (QED) is 0.719. The maximum absolute atomic E-state index is 9.25. The molecular formula is C11H21NO. The summed E-state index contributed by atoms with van der Waals surface area (Å²) in [7, 11) is 2.23. The highest BCUT2D eigenvalue weighted by molar-refractivity contribution is 4.96. The van der Waals surface area contributed by atoms with E-state index in [2.05, 4.69) is 11.9 Å². The highest BCUT2D eigenvalue weighted by Gasteiger charge is 2.44. The van der Waals surface area contributed by atoms with E-state index in [1.165, 1.54) is 45.1 Å². The van der Waals surface area contributed by atoms with E-state index in [1.54, 1.807) is 0 Å². The molecule has 1 atom stereocenters. The summed E-state index contributed by atoms with van der Waals surface area (Å²) in [5.41, 5.74) is 0.344. The summed E-state index contributed by atoms with van der Waals surface area (Å²) in [6.07, 6.45) is 7.84. The van der Waals surface area contributed by atoms with Gasteiger partial charge < -0.3 is 10.0 Å². The van der Waals surface area contributed by atoms with Crippen LogP contribution in [-0.4, -0.2) is 36.2 Å². The predicted molar refractivity (Wildman–Crippen MR) is 53.6 cm³/mol. The molecule has 1 saturated heterocycles. The minimum Gasteiger partial charge on any atom is -0.396 e. The third-order valence-corrected chi connectivity index (χ3v) is 3.88. The van der Waals surface area contributed by atoms with E-state index < -0.39 is 0 Å². The SMILES string of the molecule is CN1CCCCC1CC1(CO)CC1. The summed E-state index contributed by atoms with van der Waals surface area (Å²) in [4.78, 5) is 2.49. The van der Waals surface area contributed by atoms with Gasteiger partial charge in [-0.1, -0.05) is 6.42 Å². The Morgan fingerprint density at radius 3 is 2.69 bits per heavy atom. The summed E-state index contributed by atoms with van der Waals surface area (Å²) >= 11 is 0. The van der Waals surface area contributed by atoms with Crippen LogP contribution in [0.25, 0.3) is 0 Å². The van der Waals surface area contributed by atoms with Crippen LogP contribution in [0.3, 0.4) is 0 Å². The van der Waals surface area contributed by atoms with Gasteiger partial charge in [-0.3, -0.25) is 0 Å². The number of piperidine rings is 1. The van der Waals surface area contributed by atoms with Crippen molar-refractivity contribution >= 4 is 0 Å². The van der Waals surface area contributed by atoms with Gasteiger partial charge >= 0.3 is 0 Å². The smallest absolute Gasteiger partial charge is 0.0488 e. The Labute approximate surface area is 80.9 Å². The van der Waals surface area contributed by atoms with Crippen LogP contribution in [-0.2, 0) is 0 Å². The van der Waals surface area contributed by atoms with Gasteiger partial charge in [0.15, 0.2) is 0 Å². The highest BCUT2D eigenvalue weighted by Crippen LogP contribution is 2.50. The number of nitrogens with zero attached hydrogens (tertiary/aromatic N) is 1. The van der Waals surface area contributed by atoms with Crippen LogP contribution in [0.2, 0.25) is 0 Å². The number of rotatable bonds is 3. The fraction of sp³-hybridized carbons (Fsp3) is 1.00. The molecule has 0 bridgehead atoms. The normalized spacial score (nSPS) is 33.2. The van der Waals surface area contributed by atoms with Gasteiger partial charge in [0.05, 0.1) is 0 Å². The first-order valence-electron chi connectivity index (χ1n) is 5.57. The molecule has 1 heterocycles. The van der Waals surface area contributed by atoms with Crippen molar-refractivity contribution in [2.45, 2.75) is 44.6 Å². The molecule has 0 amide bonds.